The summed E-state index contributed by atoms with van der Waals surface area (Å²) in [6.45, 7) is 20.8. The number of ether oxygens (including phenoxy) is 2. The van der Waals surface area contributed by atoms with Gasteiger partial charge in [-0.3, -0.25) is 0 Å². The Balaban J connectivity index is 0.00000140. The number of para-hydroxylation sites is 1. The zero-order valence-corrected chi connectivity index (χ0v) is 37.1. The van der Waals surface area contributed by atoms with E-state index in [9.17, 15) is 5.26 Å². The summed E-state index contributed by atoms with van der Waals surface area (Å²) in [6.07, 6.45) is 1.25. The number of benzene rings is 6. The van der Waals surface area contributed by atoms with Gasteiger partial charge in [-0.25, -0.2) is 0 Å². The van der Waals surface area contributed by atoms with Crippen LogP contribution in [0.25, 0.3) is 33.6 Å². The van der Waals surface area contributed by atoms with E-state index in [1.807, 2.05) is 122 Å². The van der Waals surface area contributed by atoms with Crippen LogP contribution in [0.4, 0.5) is 5.69 Å². The van der Waals surface area contributed by atoms with Gasteiger partial charge in [0.25, 0.3) is 0 Å². The summed E-state index contributed by atoms with van der Waals surface area (Å²) < 4.78 is 10.7. The van der Waals surface area contributed by atoms with E-state index in [4.69, 9.17) is 15.2 Å². The van der Waals surface area contributed by atoms with E-state index in [0.717, 1.165) is 61.8 Å². The van der Waals surface area contributed by atoms with Crippen molar-refractivity contribution in [2.75, 3.05) is 19.1 Å². The van der Waals surface area contributed by atoms with E-state index in [1.165, 1.54) is 6.42 Å². The van der Waals surface area contributed by atoms with Crippen molar-refractivity contribution in [3.8, 4) is 39.8 Å². The van der Waals surface area contributed by atoms with E-state index in [0.29, 0.717) is 17.8 Å². The standard InChI is InChI=1S/C42H35N3O2.C3H8.4C2H6/c1-46-39-24-20-34(21-25-39)32-12-16-36(17-13-32)41(44)42(37-18-14-33(15-19-37)35-22-26-40(47-2)27-23-35)45(38-6-4-3-5-7-38)29-31-10-8-30(28-43)9-11-31;1-3-2;4*1-2/h3-27H,29,44H2,1-2H3;3H2,1-2H3;4*1-2H3/b42-41-;;;;;. The summed E-state index contributed by atoms with van der Waals surface area (Å²) in [5.74, 6) is 1.64. The Morgan fingerprint density at radius 3 is 1.24 bits per heavy atom. The number of hydrogen-bond donors (Lipinski definition) is 1. The molecule has 306 valence electrons. The van der Waals surface area contributed by atoms with Gasteiger partial charge in [-0.1, -0.05) is 179 Å². The third-order valence-electron chi connectivity index (χ3n) is 8.22. The van der Waals surface area contributed by atoms with Crippen molar-refractivity contribution in [2.45, 2.75) is 82.2 Å². The third-order valence-corrected chi connectivity index (χ3v) is 8.22. The lowest BCUT2D eigenvalue weighted by Crippen LogP contribution is -2.24. The van der Waals surface area contributed by atoms with Gasteiger partial charge >= 0.3 is 0 Å². The maximum Gasteiger partial charge on any atom is 0.118 e. The predicted molar refractivity (Wildman–Crippen MR) is 253 cm³/mol. The van der Waals surface area contributed by atoms with E-state index < -0.39 is 0 Å². The molecule has 0 bridgehead atoms. The molecule has 0 spiro atoms. The van der Waals surface area contributed by atoms with Crippen molar-refractivity contribution in [3.63, 3.8) is 0 Å². The van der Waals surface area contributed by atoms with Gasteiger partial charge in [-0.15, -0.1) is 0 Å². The summed E-state index contributed by atoms with van der Waals surface area (Å²) >= 11 is 0. The van der Waals surface area contributed by atoms with Crippen LogP contribution in [-0.2, 0) is 6.54 Å². The van der Waals surface area contributed by atoms with Crippen LogP contribution in [0.3, 0.4) is 0 Å². The van der Waals surface area contributed by atoms with E-state index in [2.05, 4.69) is 110 Å². The summed E-state index contributed by atoms with van der Waals surface area (Å²) in [4.78, 5) is 2.25. The highest BCUT2D eigenvalue weighted by atomic mass is 16.5. The first-order valence-corrected chi connectivity index (χ1v) is 20.8. The zero-order valence-electron chi connectivity index (χ0n) is 37.1. The Hall–Kier alpha value is -6.25. The van der Waals surface area contributed by atoms with E-state index >= 15 is 0 Å². The molecule has 5 heteroatoms. The first-order valence-electron chi connectivity index (χ1n) is 20.8. The maximum atomic E-state index is 9.37. The van der Waals surface area contributed by atoms with Crippen molar-refractivity contribution in [2.24, 2.45) is 5.73 Å². The minimum absolute atomic E-state index is 0.552. The molecule has 0 atom stereocenters. The topological polar surface area (TPSA) is 71.5 Å². The summed E-state index contributed by atoms with van der Waals surface area (Å²) in [7, 11) is 3.34. The van der Waals surface area contributed by atoms with Crippen LogP contribution in [0.2, 0.25) is 0 Å². The highest BCUT2D eigenvalue weighted by molar-refractivity contribution is 5.96. The van der Waals surface area contributed by atoms with Gasteiger partial charge in [0.2, 0.25) is 0 Å². The lowest BCUT2D eigenvalue weighted by atomic mass is 9.97. The number of nitrogens with zero attached hydrogens (tertiary/aromatic N) is 2. The highest BCUT2D eigenvalue weighted by Gasteiger charge is 2.20. The molecule has 0 radical (unpaired) electrons. The molecule has 0 aliphatic rings. The van der Waals surface area contributed by atoms with Crippen molar-refractivity contribution in [3.05, 3.63) is 174 Å². The number of nitrogens with two attached hydrogens (primary N) is 1. The quantitative estimate of drug-likeness (QED) is 0.140. The second-order valence-electron chi connectivity index (χ2n) is 11.8. The second-order valence-corrected chi connectivity index (χ2v) is 11.8. The lowest BCUT2D eigenvalue weighted by molar-refractivity contribution is 0.415. The molecule has 6 aromatic rings. The van der Waals surface area contributed by atoms with E-state index in [-0.39, 0.29) is 0 Å². The zero-order chi connectivity index (χ0) is 43.3. The number of methoxy groups -OCH3 is 2. The van der Waals surface area contributed by atoms with Gasteiger partial charge in [-0.2, -0.15) is 5.26 Å². The fourth-order valence-corrected chi connectivity index (χ4v) is 5.60. The van der Waals surface area contributed by atoms with Gasteiger partial charge in [0.05, 0.1) is 37.2 Å². The molecule has 0 aromatic heterocycles. The average molecular weight is 778 g/mol. The number of rotatable bonds is 10. The van der Waals surface area contributed by atoms with Crippen molar-refractivity contribution >= 4 is 17.1 Å². The minimum atomic E-state index is 0.552. The molecule has 6 aromatic carbocycles. The predicted octanol–water partition coefficient (Wildman–Crippen LogP) is 14.9. The molecule has 2 N–H and O–H groups in total. The number of nitriles is 1. The normalized spacial score (nSPS) is 9.84. The number of hydrogen-bond acceptors (Lipinski definition) is 5. The Kier molecular flexibility index (Phi) is 24.9. The maximum absolute atomic E-state index is 9.37. The summed E-state index contributed by atoms with van der Waals surface area (Å²) in [6, 6.07) is 53.1. The van der Waals surface area contributed by atoms with Gasteiger partial charge in [0.1, 0.15) is 11.5 Å². The van der Waals surface area contributed by atoms with Crippen LogP contribution in [0.15, 0.2) is 152 Å². The second kappa shape index (κ2) is 29.1. The minimum Gasteiger partial charge on any atom is -0.497 e. The Morgan fingerprint density at radius 2 is 0.879 bits per heavy atom. The molecule has 0 fully saturated rings. The molecule has 0 heterocycles. The molecule has 5 nitrogen and oxygen atoms in total. The molecule has 0 saturated carbocycles. The molecule has 0 aliphatic carbocycles. The van der Waals surface area contributed by atoms with Crippen molar-refractivity contribution < 1.29 is 9.47 Å². The average Bonchev–Trinajstić information content (AvgIpc) is 3.32. The van der Waals surface area contributed by atoms with Gasteiger partial charge in [-0.05, 0) is 81.9 Å². The third kappa shape index (κ3) is 14.7. The van der Waals surface area contributed by atoms with Crippen LogP contribution in [0.5, 0.6) is 11.5 Å². The van der Waals surface area contributed by atoms with Crippen molar-refractivity contribution in [1.29, 1.82) is 5.26 Å². The Labute approximate surface area is 351 Å². The first kappa shape index (κ1) is 49.8. The Bertz CT molecular complexity index is 2010. The van der Waals surface area contributed by atoms with Gasteiger partial charge in [0, 0.05) is 17.8 Å². The van der Waals surface area contributed by atoms with Crippen LogP contribution in [0.1, 0.15) is 97.9 Å². The van der Waals surface area contributed by atoms with Crippen LogP contribution >= 0.6 is 0 Å². The number of anilines is 1. The van der Waals surface area contributed by atoms with Crippen LogP contribution in [0, 0.1) is 11.3 Å². The largest absolute Gasteiger partial charge is 0.497 e. The molecule has 0 saturated heterocycles. The summed E-state index contributed by atoms with van der Waals surface area (Å²) in [5, 5.41) is 9.37. The highest BCUT2D eigenvalue weighted by Crippen LogP contribution is 2.35. The van der Waals surface area contributed by atoms with Crippen molar-refractivity contribution in [1.82, 2.24) is 0 Å². The van der Waals surface area contributed by atoms with Gasteiger partial charge in [0.15, 0.2) is 0 Å². The SMILES string of the molecule is CC.CC.CC.CC.CCC.COc1ccc(-c2ccc(/C(N)=C(\c3ccc(-c4ccc(OC)cc4)cc3)N(Cc3ccc(C#N)cc3)c3ccccc3)cc2)cc1. The lowest BCUT2D eigenvalue weighted by Gasteiger charge is -2.30. The molecule has 0 unspecified atom stereocenters. The van der Waals surface area contributed by atoms with Crippen LogP contribution in [-0.4, -0.2) is 14.2 Å². The van der Waals surface area contributed by atoms with Crippen LogP contribution < -0.4 is 20.1 Å². The van der Waals surface area contributed by atoms with Gasteiger partial charge < -0.3 is 20.1 Å². The first-order chi connectivity index (χ1) is 28.5. The monoisotopic (exact) mass is 778 g/mol. The van der Waals surface area contributed by atoms with E-state index in [1.54, 1.807) is 14.2 Å². The fourth-order valence-electron chi connectivity index (χ4n) is 5.60. The molecule has 0 amide bonds. The smallest absolute Gasteiger partial charge is 0.118 e. The molecular weight excluding hydrogens is 711 g/mol. The summed E-state index contributed by atoms with van der Waals surface area (Å²) in [5.41, 5.74) is 17.7. The Morgan fingerprint density at radius 1 is 0.517 bits per heavy atom. The molecular formula is C53H67N3O2. The molecule has 58 heavy (non-hydrogen) atoms. The fraction of sp³-hybridized carbons (Fsp3) is 0.264. The molecule has 0 aliphatic heterocycles. The molecule has 6 rings (SSSR count).